The van der Waals surface area contributed by atoms with E-state index in [4.69, 9.17) is 18.9 Å². The van der Waals surface area contributed by atoms with Crippen molar-refractivity contribution in [2.75, 3.05) is 13.7 Å². The fraction of sp³-hybridized carbons (Fsp3) is 0.393. The summed E-state index contributed by atoms with van der Waals surface area (Å²) in [6, 6.07) is 13.1. The Morgan fingerprint density at radius 2 is 1.80 bits per heavy atom. The Balaban J connectivity index is 1.90. The highest BCUT2D eigenvalue weighted by Crippen LogP contribution is 2.33. The Hall–Kier alpha value is -3.61. The summed E-state index contributed by atoms with van der Waals surface area (Å²) < 4.78 is 22.9. The monoisotopic (exact) mass is 479 g/mol. The van der Waals surface area contributed by atoms with E-state index in [2.05, 4.69) is 4.98 Å². The molecule has 3 aromatic rings. The molecule has 0 N–H and O–H groups in total. The molecule has 1 atom stereocenters. The number of carbonyl (C=O) groups is 2. The number of ketones is 1. The minimum absolute atomic E-state index is 0.0526. The number of ether oxygens (including phenoxy) is 4. The van der Waals surface area contributed by atoms with Crippen molar-refractivity contribution in [1.29, 1.82) is 0 Å². The van der Waals surface area contributed by atoms with Crippen LogP contribution in [0.1, 0.15) is 45.2 Å². The van der Waals surface area contributed by atoms with Gasteiger partial charge >= 0.3 is 5.97 Å². The van der Waals surface area contributed by atoms with Crippen LogP contribution >= 0.6 is 0 Å². The van der Waals surface area contributed by atoms with Crippen LogP contribution in [-0.4, -0.2) is 36.6 Å². The molecule has 7 nitrogen and oxygen atoms in total. The predicted molar refractivity (Wildman–Crippen MR) is 134 cm³/mol. The summed E-state index contributed by atoms with van der Waals surface area (Å²) in [5.41, 5.74) is 2.33. The van der Waals surface area contributed by atoms with E-state index in [1.807, 2.05) is 56.3 Å². The second kappa shape index (κ2) is 12.2. The maximum atomic E-state index is 12.5. The molecule has 1 aromatic heterocycles. The molecule has 0 spiro atoms. The summed E-state index contributed by atoms with van der Waals surface area (Å²) in [7, 11) is 1.62. The van der Waals surface area contributed by atoms with Gasteiger partial charge in [-0.1, -0.05) is 25.1 Å². The highest BCUT2D eigenvalue weighted by atomic mass is 16.5. The zero-order valence-electron chi connectivity index (χ0n) is 21.0. The van der Waals surface area contributed by atoms with Gasteiger partial charge in [-0.25, -0.2) is 0 Å². The highest BCUT2D eigenvalue weighted by Gasteiger charge is 2.28. The van der Waals surface area contributed by atoms with Crippen LogP contribution in [0.25, 0.3) is 10.9 Å². The van der Waals surface area contributed by atoms with Gasteiger partial charge in [0, 0.05) is 18.0 Å². The van der Waals surface area contributed by atoms with Crippen LogP contribution in [0.4, 0.5) is 0 Å². The molecule has 2 aromatic carbocycles. The zero-order valence-corrected chi connectivity index (χ0v) is 21.0. The van der Waals surface area contributed by atoms with Crippen LogP contribution in [0.5, 0.6) is 17.2 Å². The number of methoxy groups -OCH3 is 1. The van der Waals surface area contributed by atoms with Crippen molar-refractivity contribution in [3.8, 4) is 17.2 Å². The number of hydrogen-bond acceptors (Lipinski definition) is 7. The van der Waals surface area contributed by atoms with Gasteiger partial charge in [0.15, 0.2) is 0 Å². The number of aromatic nitrogens is 1. The number of benzene rings is 2. The van der Waals surface area contributed by atoms with Crippen LogP contribution in [0.2, 0.25) is 0 Å². The van der Waals surface area contributed by atoms with Crippen LogP contribution in [0.3, 0.4) is 0 Å². The van der Waals surface area contributed by atoms with Crippen LogP contribution in [-0.2, 0) is 27.4 Å². The van der Waals surface area contributed by atoms with Gasteiger partial charge in [-0.2, -0.15) is 0 Å². The predicted octanol–water partition coefficient (Wildman–Crippen LogP) is 5.31. The molecule has 186 valence electrons. The molecule has 0 amide bonds. The van der Waals surface area contributed by atoms with Gasteiger partial charge in [0.2, 0.25) is 0 Å². The summed E-state index contributed by atoms with van der Waals surface area (Å²) in [4.78, 5) is 29.5. The number of esters is 1. The minimum atomic E-state index is -0.862. The number of para-hydroxylation sites is 1. The van der Waals surface area contributed by atoms with E-state index in [1.165, 1.54) is 0 Å². The molecule has 1 unspecified atom stereocenters. The quantitative estimate of drug-likeness (QED) is 0.257. The number of rotatable bonds is 12. The average molecular weight is 480 g/mol. The van der Waals surface area contributed by atoms with Gasteiger partial charge in [-0.05, 0) is 57.0 Å². The molecule has 0 saturated heterocycles. The fourth-order valence-corrected chi connectivity index (χ4v) is 3.80. The zero-order chi connectivity index (χ0) is 25.4. The van der Waals surface area contributed by atoms with Crippen molar-refractivity contribution in [1.82, 2.24) is 4.98 Å². The lowest BCUT2D eigenvalue weighted by Gasteiger charge is -2.19. The third-order valence-corrected chi connectivity index (χ3v) is 5.54. The number of nitrogens with zero attached hydrogens (tertiary/aromatic N) is 1. The number of Topliss-reactive ketones (excluding diaryl/α,β-unsaturated/α-hetero) is 1. The smallest absolute Gasteiger partial charge is 0.316 e. The van der Waals surface area contributed by atoms with Gasteiger partial charge < -0.3 is 18.9 Å². The second-order valence-corrected chi connectivity index (χ2v) is 8.39. The Kier molecular flexibility index (Phi) is 9.06. The summed E-state index contributed by atoms with van der Waals surface area (Å²) in [6.45, 7) is 7.83. The number of carbonyl (C=O) groups excluding carboxylic acids is 2. The molecule has 0 bridgehead atoms. The van der Waals surface area contributed by atoms with Crippen molar-refractivity contribution in [2.45, 2.75) is 53.2 Å². The highest BCUT2D eigenvalue weighted by molar-refractivity contribution is 5.99. The van der Waals surface area contributed by atoms with Gasteiger partial charge in [-0.15, -0.1) is 0 Å². The first kappa shape index (κ1) is 26.0. The van der Waals surface area contributed by atoms with Crippen molar-refractivity contribution >= 4 is 22.7 Å². The Bertz CT molecular complexity index is 1170. The Labute approximate surface area is 206 Å². The molecule has 0 aliphatic heterocycles. The van der Waals surface area contributed by atoms with E-state index in [-0.39, 0.29) is 37.9 Å². The summed E-state index contributed by atoms with van der Waals surface area (Å²) >= 11 is 0. The SMILES string of the molecule is CCOC(=O)C(Cc1ccccc1OCc1cnc2ccc(OC)cc2c1OC(C)C)C(=O)CC. The lowest BCUT2D eigenvalue weighted by atomic mass is 9.93. The lowest BCUT2D eigenvalue weighted by molar-refractivity contribution is -0.151. The molecule has 0 aliphatic carbocycles. The molecule has 3 rings (SSSR count). The number of pyridine rings is 1. The number of hydrogen-bond donors (Lipinski definition) is 0. The van der Waals surface area contributed by atoms with Gasteiger partial charge in [0.05, 0.1) is 30.9 Å². The molecular weight excluding hydrogens is 446 g/mol. The van der Waals surface area contributed by atoms with E-state index in [0.717, 1.165) is 22.0 Å². The van der Waals surface area contributed by atoms with E-state index < -0.39 is 11.9 Å². The third-order valence-electron chi connectivity index (χ3n) is 5.54. The van der Waals surface area contributed by atoms with Gasteiger partial charge in [-0.3, -0.25) is 14.6 Å². The lowest BCUT2D eigenvalue weighted by Crippen LogP contribution is -2.28. The van der Waals surface area contributed by atoms with E-state index in [0.29, 0.717) is 17.2 Å². The fourth-order valence-electron chi connectivity index (χ4n) is 3.80. The normalized spacial score (nSPS) is 11.8. The molecule has 0 aliphatic rings. The van der Waals surface area contributed by atoms with Crippen molar-refractivity contribution in [3.05, 3.63) is 59.8 Å². The molecule has 1 heterocycles. The summed E-state index contributed by atoms with van der Waals surface area (Å²) in [6.07, 6.45) is 2.17. The average Bonchev–Trinajstić information content (AvgIpc) is 2.86. The molecule has 0 fully saturated rings. The first-order valence-electron chi connectivity index (χ1n) is 11.9. The third kappa shape index (κ3) is 6.50. The Morgan fingerprint density at radius 1 is 1.03 bits per heavy atom. The van der Waals surface area contributed by atoms with E-state index in [9.17, 15) is 9.59 Å². The van der Waals surface area contributed by atoms with Crippen LogP contribution in [0, 0.1) is 5.92 Å². The largest absolute Gasteiger partial charge is 0.497 e. The standard InChI is InChI=1S/C28H33NO6/c1-6-25(30)23(28(31)33-7-2)14-19-10-8-9-11-26(19)34-17-20-16-29-24-13-12-21(32-5)15-22(24)27(20)35-18(3)4/h8-13,15-16,18,23H,6-7,14,17H2,1-5H3. The van der Waals surface area contributed by atoms with Gasteiger partial charge in [0.1, 0.15) is 35.6 Å². The minimum Gasteiger partial charge on any atom is -0.497 e. The van der Waals surface area contributed by atoms with E-state index in [1.54, 1.807) is 27.2 Å². The van der Waals surface area contributed by atoms with Crippen molar-refractivity contribution in [3.63, 3.8) is 0 Å². The van der Waals surface area contributed by atoms with Crippen LogP contribution in [0.15, 0.2) is 48.7 Å². The topological polar surface area (TPSA) is 84.0 Å². The summed E-state index contributed by atoms with van der Waals surface area (Å²) in [5.74, 6) is 0.466. The van der Waals surface area contributed by atoms with E-state index >= 15 is 0 Å². The molecular formula is C28H33NO6. The van der Waals surface area contributed by atoms with Crippen molar-refractivity contribution in [2.24, 2.45) is 5.92 Å². The number of fused-ring (bicyclic) bond motifs is 1. The second-order valence-electron chi connectivity index (χ2n) is 8.39. The first-order chi connectivity index (χ1) is 16.9. The summed E-state index contributed by atoms with van der Waals surface area (Å²) in [5, 5.41) is 0.836. The maximum absolute atomic E-state index is 12.5. The maximum Gasteiger partial charge on any atom is 0.316 e. The molecule has 7 heteroatoms. The molecule has 35 heavy (non-hydrogen) atoms. The van der Waals surface area contributed by atoms with Crippen LogP contribution < -0.4 is 14.2 Å². The molecule has 0 radical (unpaired) electrons. The first-order valence-corrected chi connectivity index (χ1v) is 11.9. The van der Waals surface area contributed by atoms with Gasteiger partial charge in [0.25, 0.3) is 0 Å². The Morgan fingerprint density at radius 3 is 2.49 bits per heavy atom. The molecule has 0 saturated carbocycles. The van der Waals surface area contributed by atoms with Crippen molar-refractivity contribution < 1.29 is 28.5 Å².